The van der Waals surface area contributed by atoms with Gasteiger partial charge in [0.1, 0.15) is 0 Å². The zero-order chi connectivity index (χ0) is 20.1. The van der Waals surface area contributed by atoms with E-state index in [9.17, 15) is 4.79 Å². The number of anilines is 1. The summed E-state index contributed by atoms with van der Waals surface area (Å²) < 4.78 is 0. The van der Waals surface area contributed by atoms with Crippen molar-refractivity contribution in [1.29, 1.82) is 0 Å². The molecule has 142 valence electrons. The van der Waals surface area contributed by atoms with Crippen molar-refractivity contribution >= 4 is 39.7 Å². The van der Waals surface area contributed by atoms with Crippen LogP contribution in [0.25, 0.3) is 21.7 Å². The number of thiazole rings is 1. The second-order valence-corrected chi connectivity index (χ2v) is 7.61. The van der Waals surface area contributed by atoms with Gasteiger partial charge in [0, 0.05) is 11.1 Å². The van der Waals surface area contributed by atoms with Gasteiger partial charge in [0.15, 0.2) is 10.2 Å². The molecule has 1 aromatic heterocycles. The van der Waals surface area contributed by atoms with E-state index in [0.29, 0.717) is 10.7 Å². The first-order valence-electron chi connectivity index (χ1n) is 9.00. The lowest BCUT2D eigenvalue weighted by Crippen LogP contribution is -2.34. The highest BCUT2D eigenvalue weighted by atomic mass is 32.1. The maximum atomic E-state index is 12.3. The molecule has 2 N–H and O–H groups in total. The molecule has 0 radical (unpaired) electrons. The van der Waals surface area contributed by atoms with Gasteiger partial charge in [-0.1, -0.05) is 90.2 Å². The predicted octanol–water partition coefficient (Wildman–Crippen LogP) is 5.60. The van der Waals surface area contributed by atoms with Crippen LogP contribution in [0.2, 0.25) is 0 Å². The second-order valence-electron chi connectivity index (χ2n) is 6.20. The number of rotatable bonds is 4. The van der Waals surface area contributed by atoms with Crippen LogP contribution < -0.4 is 10.6 Å². The molecule has 0 aliphatic rings. The lowest BCUT2D eigenvalue weighted by molar-refractivity contribution is 0.0977. The zero-order valence-electron chi connectivity index (χ0n) is 15.3. The first kappa shape index (κ1) is 19.0. The monoisotopic (exact) mass is 415 g/mol. The zero-order valence-corrected chi connectivity index (χ0v) is 17.0. The summed E-state index contributed by atoms with van der Waals surface area (Å²) in [5, 5.41) is 6.59. The number of aromatic nitrogens is 1. The van der Waals surface area contributed by atoms with Crippen molar-refractivity contribution in [3.8, 4) is 21.7 Å². The molecular weight excluding hydrogens is 398 g/mol. The van der Waals surface area contributed by atoms with E-state index in [1.807, 2.05) is 66.7 Å². The van der Waals surface area contributed by atoms with Crippen molar-refractivity contribution in [2.45, 2.75) is 0 Å². The molecule has 0 fully saturated rings. The Labute approximate surface area is 178 Å². The van der Waals surface area contributed by atoms with Crippen molar-refractivity contribution < 1.29 is 4.79 Å². The third-order valence-corrected chi connectivity index (χ3v) is 5.42. The normalized spacial score (nSPS) is 10.3. The van der Waals surface area contributed by atoms with E-state index in [4.69, 9.17) is 17.2 Å². The predicted molar refractivity (Wildman–Crippen MR) is 123 cm³/mol. The number of benzene rings is 3. The van der Waals surface area contributed by atoms with Gasteiger partial charge in [0.05, 0.1) is 10.6 Å². The number of nitrogens with zero attached hydrogens (tertiary/aromatic N) is 1. The summed E-state index contributed by atoms with van der Waals surface area (Å²) in [6.45, 7) is 0. The summed E-state index contributed by atoms with van der Waals surface area (Å²) in [4.78, 5) is 18.1. The van der Waals surface area contributed by atoms with Crippen molar-refractivity contribution in [2.24, 2.45) is 0 Å². The maximum absolute atomic E-state index is 12.3. The van der Waals surface area contributed by atoms with Gasteiger partial charge in [-0.05, 0) is 29.9 Å². The third-order valence-electron chi connectivity index (χ3n) is 4.19. The Hall–Kier alpha value is -3.35. The average Bonchev–Trinajstić information content (AvgIpc) is 3.19. The highest BCUT2D eigenvalue weighted by Gasteiger charge is 2.16. The lowest BCUT2D eigenvalue weighted by Gasteiger charge is -2.06. The topological polar surface area (TPSA) is 54.0 Å². The molecule has 4 rings (SSSR count). The Morgan fingerprint density at radius 3 is 1.97 bits per heavy atom. The van der Waals surface area contributed by atoms with E-state index < -0.39 is 0 Å². The van der Waals surface area contributed by atoms with E-state index >= 15 is 0 Å². The summed E-state index contributed by atoms with van der Waals surface area (Å²) in [7, 11) is 0. The Kier molecular flexibility index (Phi) is 5.74. The fourth-order valence-electron chi connectivity index (χ4n) is 2.84. The minimum Gasteiger partial charge on any atom is -0.308 e. The molecule has 0 atom stereocenters. The first-order chi connectivity index (χ1) is 14.2. The number of nitrogens with one attached hydrogen (secondary N) is 2. The molecule has 0 saturated carbocycles. The fraction of sp³-hybridized carbons (Fsp3) is 0. The number of carbonyl (C=O) groups is 1. The van der Waals surface area contributed by atoms with Crippen LogP contribution >= 0.6 is 23.6 Å². The molecule has 0 bridgehead atoms. The van der Waals surface area contributed by atoms with Crippen molar-refractivity contribution in [2.75, 3.05) is 5.32 Å². The van der Waals surface area contributed by atoms with Crippen molar-refractivity contribution in [3.05, 3.63) is 96.6 Å². The highest BCUT2D eigenvalue weighted by molar-refractivity contribution is 7.80. The van der Waals surface area contributed by atoms with Gasteiger partial charge in [-0.15, -0.1) is 0 Å². The van der Waals surface area contributed by atoms with Crippen LogP contribution in [0, 0.1) is 0 Å². The van der Waals surface area contributed by atoms with Crippen LogP contribution in [-0.2, 0) is 0 Å². The summed E-state index contributed by atoms with van der Waals surface area (Å²) in [6.07, 6.45) is 0. The first-order valence-corrected chi connectivity index (χ1v) is 10.2. The molecule has 0 spiro atoms. The molecule has 0 aliphatic heterocycles. The van der Waals surface area contributed by atoms with E-state index in [0.717, 1.165) is 21.7 Å². The molecule has 1 amide bonds. The maximum Gasteiger partial charge on any atom is 0.257 e. The largest absolute Gasteiger partial charge is 0.308 e. The van der Waals surface area contributed by atoms with Gasteiger partial charge in [0.2, 0.25) is 0 Å². The molecule has 29 heavy (non-hydrogen) atoms. The van der Waals surface area contributed by atoms with Gasteiger partial charge in [-0.2, -0.15) is 0 Å². The third kappa shape index (κ3) is 4.56. The number of hydrogen-bond acceptors (Lipinski definition) is 4. The number of thiocarbonyl (C=S) groups is 1. The quantitative estimate of drug-likeness (QED) is 0.426. The Balaban J connectivity index is 1.59. The van der Waals surface area contributed by atoms with Crippen molar-refractivity contribution in [3.63, 3.8) is 0 Å². The van der Waals surface area contributed by atoms with Crippen LogP contribution in [0.15, 0.2) is 91.0 Å². The molecule has 0 saturated heterocycles. The van der Waals surface area contributed by atoms with E-state index in [2.05, 4.69) is 22.8 Å². The number of hydrogen-bond donors (Lipinski definition) is 2. The second kappa shape index (κ2) is 8.77. The van der Waals surface area contributed by atoms with Gasteiger partial charge >= 0.3 is 0 Å². The molecule has 3 aromatic carbocycles. The van der Waals surface area contributed by atoms with E-state index in [1.165, 1.54) is 11.3 Å². The molecule has 0 unspecified atom stereocenters. The molecule has 4 nitrogen and oxygen atoms in total. The van der Waals surface area contributed by atoms with Crippen molar-refractivity contribution in [1.82, 2.24) is 10.3 Å². The Morgan fingerprint density at radius 1 is 0.793 bits per heavy atom. The molecule has 0 aliphatic carbocycles. The minimum atomic E-state index is -0.258. The highest BCUT2D eigenvalue weighted by Crippen LogP contribution is 2.38. The SMILES string of the molecule is O=C(NC(=S)Nc1nc(-c2ccccc2)c(-c2ccccc2)s1)c1ccccc1. The summed E-state index contributed by atoms with van der Waals surface area (Å²) >= 11 is 6.82. The van der Waals surface area contributed by atoms with Crippen LogP contribution in [0.3, 0.4) is 0 Å². The summed E-state index contributed by atoms with van der Waals surface area (Å²) in [5.41, 5.74) is 3.53. The fourth-order valence-corrected chi connectivity index (χ4v) is 4.10. The van der Waals surface area contributed by atoms with Crippen LogP contribution in [0.1, 0.15) is 10.4 Å². The Morgan fingerprint density at radius 2 is 1.34 bits per heavy atom. The standard InChI is InChI=1S/C23H17N3OS2/c27-21(18-14-8-3-9-15-18)25-22(28)26-23-24-19(16-10-4-1-5-11-16)20(29-23)17-12-6-2-7-13-17/h1-15H,(H2,24,25,26,27,28). The van der Waals surface area contributed by atoms with Gasteiger partial charge in [-0.3, -0.25) is 10.1 Å². The van der Waals surface area contributed by atoms with Gasteiger partial charge in [0.25, 0.3) is 5.91 Å². The summed E-state index contributed by atoms with van der Waals surface area (Å²) in [6, 6.07) is 29.1. The minimum absolute atomic E-state index is 0.215. The molecule has 6 heteroatoms. The van der Waals surface area contributed by atoms with E-state index in [-0.39, 0.29) is 11.0 Å². The van der Waals surface area contributed by atoms with Crippen LogP contribution in [-0.4, -0.2) is 16.0 Å². The Bertz CT molecular complexity index is 1070. The molecule has 1 heterocycles. The number of carbonyl (C=O) groups excluding carboxylic acids is 1. The average molecular weight is 416 g/mol. The van der Waals surface area contributed by atoms with Crippen LogP contribution in [0.4, 0.5) is 5.13 Å². The van der Waals surface area contributed by atoms with E-state index in [1.54, 1.807) is 12.1 Å². The van der Waals surface area contributed by atoms with Crippen LogP contribution in [0.5, 0.6) is 0 Å². The lowest BCUT2D eigenvalue weighted by atomic mass is 10.1. The molecular formula is C23H17N3OS2. The van der Waals surface area contributed by atoms with Gasteiger partial charge < -0.3 is 5.32 Å². The summed E-state index contributed by atoms with van der Waals surface area (Å²) in [5.74, 6) is -0.258. The smallest absolute Gasteiger partial charge is 0.257 e. The van der Waals surface area contributed by atoms with Gasteiger partial charge in [-0.25, -0.2) is 4.98 Å². The number of amides is 1. The molecule has 4 aromatic rings.